The molecule has 2 heterocycles. The molecular formula is C28H33N3O3. The molecule has 1 unspecified atom stereocenters. The fourth-order valence-electron chi connectivity index (χ4n) is 4.73. The van der Waals surface area contributed by atoms with Crippen LogP contribution in [-0.4, -0.2) is 39.8 Å². The molecule has 1 aromatic heterocycles. The van der Waals surface area contributed by atoms with Crippen molar-refractivity contribution in [1.29, 1.82) is 0 Å². The molecule has 6 nitrogen and oxygen atoms in total. The van der Waals surface area contributed by atoms with Crippen LogP contribution in [0.5, 0.6) is 11.6 Å². The van der Waals surface area contributed by atoms with Gasteiger partial charge in [0, 0.05) is 19.1 Å². The minimum Gasteiger partial charge on any atom is -0.439 e. The molecule has 0 bridgehead atoms. The molecule has 1 atom stereocenters. The Morgan fingerprint density at radius 3 is 2.59 bits per heavy atom. The number of benzene rings is 2. The SMILES string of the molecule is Cc1cccc(Oc2c(CN(CC3CCCO3)C(=O)C3CCC3)c(C)nn2-c2ccccc2)c1. The summed E-state index contributed by atoms with van der Waals surface area (Å²) in [7, 11) is 0. The van der Waals surface area contributed by atoms with Crippen LogP contribution in [-0.2, 0) is 16.1 Å². The lowest BCUT2D eigenvalue weighted by molar-refractivity contribution is -0.140. The minimum absolute atomic E-state index is 0.106. The van der Waals surface area contributed by atoms with Crippen molar-refractivity contribution in [2.75, 3.05) is 13.2 Å². The highest BCUT2D eigenvalue weighted by molar-refractivity contribution is 5.79. The van der Waals surface area contributed by atoms with E-state index in [-0.39, 0.29) is 17.9 Å². The monoisotopic (exact) mass is 459 g/mol. The Labute approximate surface area is 201 Å². The summed E-state index contributed by atoms with van der Waals surface area (Å²) in [5.74, 6) is 1.78. The average Bonchev–Trinajstić information content (AvgIpc) is 3.41. The third-order valence-electron chi connectivity index (χ3n) is 6.91. The first-order valence-corrected chi connectivity index (χ1v) is 12.4. The lowest BCUT2D eigenvalue weighted by atomic mass is 9.84. The predicted molar refractivity (Wildman–Crippen MR) is 131 cm³/mol. The molecule has 2 aromatic carbocycles. The lowest BCUT2D eigenvalue weighted by Crippen LogP contribution is -2.42. The van der Waals surface area contributed by atoms with Gasteiger partial charge in [-0.3, -0.25) is 4.79 Å². The van der Waals surface area contributed by atoms with Crippen molar-refractivity contribution in [3.63, 3.8) is 0 Å². The van der Waals surface area contributed by atoms with E-state index in [4.69, 9.17) is 14.6 Å². The van der Waals surface area contributed by atoms with Crippen molar-refractivity contribution >= 4 is 5.91 Å². The number of nitrogens with zero attached hydrogens (tertiary/aromatic N) is 3. The average molecular weight is 460 g/mol. The summed E-state index contributed by atoms with van der Waals surface area (Å²) in [4.78, 5) is 15.4. The number of carbonyl (C=O) groups excluding carboxylic acids is 1. The summed E-state index contributed by atoms with van der Waals surface area (Å²) in [5.41, 5.74) is 3.86. The van der Waals surface area contributed by atoms with Crippen molar-refractivity contribution in [2.24, 2.45) is 5.92 Å². The molecule has 34 heavy (non-hydrogen) atoms. The number of para-hydroxylation sites is 1. The highest BCUT2D eigenvalue weighted by atomic mass is 16.5. The van der Waals surface area contributed by atoms with Gasteiger partial charge in [-0.25, -0.2) is 4.68 Å². The fraction of sp³-hybridized carbons (Fsp3) is 0.429. The van der Waals surface area contributed by atoms with Gasteiger partial charge in [0.2, 0.25) is 11.8 Å². The van der Waals surface area contributed by atoms with Crippen molar-refractivity contribution in [3.05, 3.63) is 71.4 Å². The first-order valence-electron chi connectivity index (χ1n) is 12.4. The Balaban J connectivity index is 1.51. The zero-order valence-electron chi connectivity index (χ0n) is 20.1. The zero-order valence-corrected chi connectivity index (χ0v) is 20.1. The third kappa shape index (κ3) is 4.87. The van der Waals surface area contributed by atoms with E-state index < -0.39 is 0 Å². The van der Waals surface area contributed by atoms with Crippen LogP contribution in [0.2, 0.25) is 0 Å². The van der Waals surface area contributed by atoms with E-state index in [2.05, 4.69) is 0 Å². The van der Waals surface area contributed by atoms with E-state index in [9.17, 15) is 4.79 Å². The van der Waals surface area contributed by atoms with Crippen LogP contribution in [0.1, 0.15) is 48.9 Å². The van der Waals surface area contributed by atoms with Crippen LogP contribution >= 0.6 is 0 Å². The molecule has 178 valence electrons. The van der Waals surface area contributed by atoms with Gasteiger partial charge in [-0.05, 0) is 69.4 Å². The third-order valence-corrected chi connectivity index (χ3v) is 6.91. The minimum atomic E-state index is 0.106. The number of hydrogen-bond acceptors (Lipinski definition) is 4. The Hall–Kier alpha value is -3.12. The van der Waals surface area contributed by atoms with Gasteiger partial charge >= 0.3 is 0 Å². The van der Waals surface area contributed by atoms with Crippen molar-refractivity contribution in [3.8, 4) is 17.3 Å². The second-order valence-electron chi connectivity index (χ2n) is 9.52. The van der Waals surface area contributed by atoms with Gasteiger partial charge in [-0.2, -0.15) is 5.10 Å². The maximum atomic E-state index is 13.4. The maximum absolute atomic E-state index is 13.4. The Kier molecular flexibility index (Phi) is 6.68. The topological polar surface area (TPSA) is 56.6 Å². The highest BCUT2D eigenvalue weighted by Gasteiger charge is 2.33. The Morgan fingerprint density at radius 1 is 1.09 bits per heavy atom. The molecule has 0 radical (unpaired) electrons. The van der Waals surface area contributed by atoms with Gasteiger partial charge < -0.3 is 14.4 Å². The molecular weight excluding hydrogens is 426 g/mol. The molecule has 1 amide bonds. The van der Waals surface area contributed by atoms with Crippen LogP contribution in [0, 0.1) is 19.8 Å². The molecule has 2 aliphatic rings. The Bertz CT molecular complexity index is 1130. The molecule has 1 aliphatic heterocycles. The summed E-state index contributed by atoms with van der Waals surface area (Å²) in [5, 5.41) is 4.85. The van der Waals surface area contributed by atoms with Gasteiger partial charge in [0.1, 0.15) is 5.75 Å². The van der Waals surface area contributed by atoms with Crippen LogP contribution in [0.15, 0.2) is 54.6 Å². The number of rotatable bonds is 8. The molecule has 3 aromatic rings. The van der Waals surface area contributed by atoms with E-state index in [1.807, 2.05) is 78.0 Å². The van der Waals surface area contributed by atoms with Crippen LogP contribution in [0.3, 0.4) is 0 Å². The fourth-order valence-corrected chi connectivity index (χ4v) is 4.73. The van der Waals surface area contributed by atoms with Crippen LogP contribution in [0.25, 0.3) is 5.69 Å². The molecule has 1 aliphatic carbocycles. The summed E-state index contributed by atoms with van der Waals surface area (Å²) >= 11 is 0. The maximum Gasteiger partial charge on any atom is 0.227 e. The predicted octanol–water partition coefficient (Wildman–Crippen LogP) is 5.59. The van der Waals surface area contributed by atoms with Gasteiger partial charge in [0.25, 0.3) is 0 Å². The number of amides is 1. The van der Waals surface area contributed by atoms with Crippen molar-refractivity contribution in [2.45, 2.75) is 58.6 Å². The van der Waals surface area contributed by atoms with E-state index in [1.165, 1.54) is 0 Å². The normalized spacial score (nSPS) is 18.0. The first kappa shape index (κ1) is 22.7. The van der Waals surface area contributed by atoms with E-state index >= 15 is 0 Å². The molecule has 2 fully saturated rings. The van der Waals surface area contributed by atoms with Gasteiger partial charge in [-0.15, -0.1) is 0 Å². The summed E-state index contributed by atoms with van der Waals surface area (Å²) < 4.78 is 14.2. The van der Waals surface area contributed by atoms with E-state index in [0.29, 0.717) is 19.0 Å². The molecule has 0 N–H and O–H groups in total. The smallest absolute Gasteiger partial charge is 0.227 e. The van der Waals surface area contributed by atoms with Crippen molar-refractivity contribution < 1.29 is 14.3 Å². The molecule has 0 spiro atoms. The van der Waals surface area contributed by atoms with E-state index in [0.717, 1.165) is 67.0 Å². The first-order chi connectivity index (χ1) is 16.6. The van der Waals surface area contributed by atoms with Gasteiger partial charge in [0.15, 0.2) is 0 Å². The van der Waals surface area contributed by atoms with Crippen LogP contribution in [0.4, 0.5) is 0 Å². The number of ether oxygens (including phenoxy) is 2. The standard InChI is InChI=1S/C28H33N3O3/c1-20-9-6-14-24(17-20)34-28-26(21(2)29-31(28)23-12-4-3-5-13-23)19-30(18-25-15-8-16-33-25)27(32)22-10-7-11-22/h3-6,9,12-14,17,22,25H,7-8,10-11,15-16,18-19H2,1-2H3. The molecule has 5 rings (SSSR count). The number of aromatic nitrogens is 2. The van der Waals surface area contributed by atoms with Gasteiger partial charge in [0.05, 0.1) is 29.6 Å². The van der Waals surface area contributed by atoms with Crippen molar-refractivity contribution in [1.82, 2.24) is 14.7 Å². The summed E-state index contributed by atoms with van der Waals surface area (Å²) in [6.07, 6.45) is 5.27. The number of hydrogen-bond donors (Lipinski definition) is 0. The van der Waals surface area contributed by atoms with E-state index in [1.54, 1.807) is 0 Å². The number of aryl methyl sites for hydroxylation is 2. The Morgan fingerprint density at radius 2 is 1.91 bits per heavy atom. The highest BCUT2D eigenvalue weighted by Crippen LogP contribution is 2.34. The molecule has 1 saturated carbocycles. The largest absolute Gasteiger partial charge is 0.439 e. The molecule has 6 heteroatoms. The summed E-state index contributed by atoms with van der Waals surface area (Å²) in [6.45, 7) is 5.91. The van der Waals surface area contributed by atoms with Gasteiger partial charge in [-0.1, -0.05) is 36.8 Å². The molecule has 1 saturated heterocycles. The second-order valence-corrected chi connectivity index (χ2v) is 9.52. The van der Waals surface area contributed by atoms with Crippen LogP contribution < -0.4 is 4.74 Å². The zero-order chi connectivity index (χ0) is 23.5. The number of carbonyl (C=O) groups is 1. The second kappa shape index (κ2) is 10.0. The quantitative estimate of drug-likeness (QED) is 0.441. The summed E-state index contributed by atoms with van der Waals surface area (Å²) in [6, 6.07) is 18.0. The lowest BCUT2D eigenvalue weighted by Gasteiger charge is -2.33.